The van der Waals surface area contributed by atoms with Crippen molar-refractivity contribution in [3.05, 3.63) is 46.7 Å². The molecule has 4 heterocycles. The summed E-state index contributed by atoms with van der Waals surface area (Å²) in [4.78, 5) is 27.1. The van der Waals surface area contributed by atoms with E-state index >= 15 is 0 Å². The smallest absolute Gasteiger partial charge is 0.258 e. The molecule has 1 amide bonds. The minimum absolute atomic E-state index is 0.0333. The summed E-state index contributed by atoms with van der Waals surface area (Å²) in [7, 11) is 0. The SMILES string of the molecule is CCCCN(CCCC)Cc1nc(-c2ncn3c2[C@@H]2CCCN2C(=O)c2c(Cl)cccc2-3)no1. The third kappa shape index (κ3) is 4.14. The Morgan fingerprint density at radius 2 is 2.00 bits per heavy atom. The van der Waals surface area contributed by atoms with E-state index in [-0.39, 0.29) is 11.9 Å². The summed E-state index contributed by atoms with van der Waals surface area (Å²) in [5.41, 5.74) is 2.86. The average Bonchev–Trinajstić information content (AvgIpc) is 3.58. The lowest BCUT2D eigenvalue weighted by Gasteiger charge is -2.22. The van der Waals surface area contributed by atoms with Crippen molar-refractivity contribution in [2.45, 2.75) is 65.0 Å². The van der Waals surface area contributed by atoms with Gasteiger partial charge in [0.15, 0.2) is 0 Å². The highest BCUT2D eigenvalue weighted by Crippen LogP contribution is 2.43. The quantitative estimate of drug-likeness (QED) is 0.413. The van der Waals surface area contributed by atoms with Crippen LogP contribution in [-0.4, -0.2) is 55.0 Å². The van der Waals surface area contributed by atoms with E-state index in [1.165, 1.54) is 0 Å². The molecular formula is C25H31ClN6O2. The van der Waals surface area contributed by atoms with E-state index in [2.05, 4.69) is 23.9 Å². The van der Waals surface area contributed by atoms with E-state index in [9.17, 15) is 4.79 Å². The predicted molar refractivity (Wildman–Crippen MR) is 130 cm³/mol. The zero-order valence-corrected chi connectivity index (χ0v) is 20.6. The second kappa shape index (κ2) is 9.88. The highest BCUT2D eigenvalue weighted by molar-refractivity contribution is 6.34. The molecule has 2 aliphatic rings. The molecule has 8 nitrogen and oxygen atoms in total. The summed E-state index contributed by atoms with van der Waals surface area (Å²) in [5, 5.41) is 4.76. The number of amides is 1. The number of halogens is 1. The minimum Gasteiger partial charge on any atom is -0.337 e. The van der Waals surface area contributed by atoms with Crippen molar-refractivity contribution < 1.29 is 9.32 Å². The summed E-state index contributed by atoms with van der Waals surface area (Å²) >= 11 is 6.49. The Hall–Kier alpha value is -2.71. The number of nitrogens with zero attached hydrogens (tertiary/aromatic N) is 6. The molecule has 0 spiro atoms. The van der Waals surface area contributed by atoms with Crippen LogP contribution in [0.25, 0.3) is 17.2 Å². The first-order chi connectivity index (χ1) is 16.6. The van der Waals surface area contributed by atoms with Crippen molar-refractivity contribution in [2.24, 2.45) is 0 Å². The number of hydrogen-bond donors (Lipinski definition) is 0. The van der Waals surface area contributed by atoms with Gasteiger partial charge in [-0.25, -0.2) is 4.98 Å². The molecule has 180 valence electrons. The van der Waals surface area contributed by atoms with Crippen LogP contribution in [0.2, 0.25) is 5.02 Å². The van der Waals surface area contributed by atoms with Crippen molar-refractivity contribution in [3.8, 4) is 17.2 Å². The first kappa shape index (κ1) is 23.1. The van der Waals surface area contributed by atoms with Gasteiger partial charge in [0.05, 0.1) is 34.6 Å². The molecule has 2 aromatic heterocycles. The van der Waals surface area contributed by atoms with Crippen molar-refractivity contribution >= 4 is 17.5 Å². The lowest BCUT2D eigenvalue weighted by Crippen LogP contribution is -2.30. The number of rotatable bonds is 9. The van der Waals surface area contributed by atoms with E-state index in [4.69, 9.17) is 26.1 Å². The Kier molecular flexibility index (Phi) is 6.70. The number of fused-ring (bicyclic) bond motifs is 5. The monoisotopic (exact) mass is 482 g/mol. The molecule has 1 aromatic carbocycles. The molecule has 9 heteroatoms. The van der Waals surface area contributed by atoms with Gasteiger partial charge in [0.2, 0.25) is 11.7 Å². The number of carbonyl (C=O) groups excluding carboxylic acids is 1. The number of imidazole rings is 1. The maximum absolute atomic E-state index is 13.4. The highest BCUT2D eigenvalue weighted by Gasteiger charge is 2.40. The predicted octanol–water partition coefficient (Wildman–Crippen LogP) is 5.27. The number of unbranched alkanes of at least 4 members (excludes halogenated alkanes) is 2. The van der Waals surface area contributed by atoms with Crippen LogP contribution in [0.5, 0.6) is 0 Å². The Labute approximate surface area is 204 Å². The second-order valence-corrected chi connectivity index (χ2v) is 9.54. The Morgan fingerprint density at radius 3 is 2.76 bits per heavy atom. The molecule has 0 radical (unpaired) electrons. The third-order valence-corrected chi connectivity index (χ3v) is 7.11. The minimum atomic E-state index is -0.0963. The zero-order chi connectivity index (χ0) is 23.7. The molecule has 3 aromatic rings. The lowest BCUT2D eigenvalue weighted by molar-refractivity contribution is 0.0739. The lowest BCUT2D eigenvalue weighted by atomic mass is 10.1. The van der Waals surface area contributed by atoms with Crippen LogP contribution in [0.15, 0.2) is 29.0 Å². The number of hydrogen-bond acceptors (Lipinski definition) is 6. The molecule has 0 N–H and O–H groups in total. The molecule has 0 saturated carbocycles. The van der Waals surface area contributed by atoms with E-state index in [1.807, 2.05) is 21.6 Å². The van der Waals surface area contributed by atoms with Crippen molar-refractivity contribution in [2.75, 3.05) is 19.6 Å². The fourth-order valence-corrected chi connectivity index (χ4v) is 5.29. The van der Waals surface area contributed by atoms with Crippen molar-refractivity contribution in [1.29, 1.82) is 0 Å². The van der Waals surface area contributed by atoms with Crippen molar-refractivity contribution in [3.63, 3.8) is 0 Å². The maximum atomic E-state index is 13.4. The Bertz CT molecular complexity index is 1160. The summed E-state index contributed by atoms with van der Waals surface area (Å²) in [6, 6.07) is 5.45. The van der Waals surface area contributed by atoms with Gasteiger partial charge in [-0.15, -0.1) is 0 Å². The summed E-state index contributed by atoms with van der Waals surface area (Å²) in [6.45, 7) is 7.77. The molecule has 1 saturated heterocycles. The fourth-order valence-electron chi connectivity index (χ4n) is 5.04. The molecule has 2 aliphatic heterocycles. The van der Waals surface area contributed by atoms with Gasteiger partial charge in [-0.2, -0.15) is 4.98 Å². The van der Waals surface area contributed by atoms with Crippen LogP contribution in [0.4, 0.5) is 0 Å². The largest absolute Gasteiger partial charge is 0.337 e. The Balaban J connectivity index is 1.50. The van der Waals surface area contributed by atoms with E-state index in [1.54, 1.807) is 12.4 Å². The van der Waals surface area contributed by atoms with Gasteiger partial charge in [0.1, 0.15) is 12.0 Å². The highest BCUT2D eigenvalue weighted by atomic mass is 35.5. The summed E-state index contributed by atoms with van der Waals surface area (Å²) in [5.74, 6) is 1.04. The van der Waals surface area contributed by atoms with Gasteiger partial charge in [-0.05, 0) is 50.9 Å². The fraction of sp³-hybridized carbons (Fsp3) is 0.520. The molecule has 0 bridgehead atoms. The van der Waals surface area contributed by atoms with E-state index < -0.39 is 0 Å². The standard InChI is InChI=1S/C25H31ClN6O2/c1-3-5-12-30(13-6-4-2)15-20-28-24(29-34-20)22-23-19-11-8-14-31(19)25(33)21-17(26)9-7-10-18(21)32(23)16-27-22/h7,9-10,16,19H,3-6,8,11-15H2,1-2H3/t19-/m0/s1. The van der Waals surface area contributed by atoms with Gasteiger partial charge in [0, 0.05) is 6.54 Å². The summed E-state index contributed by atoms with van der Waals surface area (Å²) < 4.78 is 7.65. The normalized spacial score (nSPS) is 17.1. The van der Waals surface area contributed by atoms with Crippen LogP contribution < -0.4 is 0 Å². The summed E-state index contributed by atoms with van der Waals surface area (Å²) in [6.07, 6.45) is 8.14. The van der Waals surface area contributed by atoms with E-state index in [0.29, 0.717) is 41.1 Å². The van der Waals surface area contributed by atoms with Gasteiger partial charge in [-0.3, -0.25) is 14.3 Å². The molecule has 5 rings (SSSR count). The zero-order valence-electron chi connectivity index (χ0n) is 19.8. The van der Waals surface area contributed by atoms with Crippen LogP contribution in [0, 0.1) is 0 Å². The van der Waals surface area contributed by atoms with Gasteiger partial charge < -0.3 is 9.42 Å². The molecule has 1 fully saturated rings. The third-order valence-electron chi connectivity index (χ3n) is 6.79. The average molecular weight is 483 g/mol. The second-order valence-electron chi connectivity index (χ2n) is 9.13. The topological polar surface area (TPSA) is 80.3 Å². The van der Waals surface area contributed by atoms with Gasteiger partial charge in [0.25, 0.3) is 5.91 Å². The van der Waals surface area contributed by atoms with Crippen LogP contribution in [0.1, 0.15) is 80.4 Å². The number of carbonyl (C=O) groups is 1. The Morgan fingerprint density at radius 1 is 1.21 bits per heavy atom. The number of benzene rings is 1. The molecule has 1 atom stereocenters. The first-order valence-electron chi connectivity index (χ1n) is 12.3. The maximum Gasteiger partial charge on any atom is 0.258 e. The molecule has 34 heavy (non-hydrogen) atoms. The molecule has 0 unspecified atom stereocenters. The van der Waals surface area contributed by atoms with Gasteiger partial charge >= 0.3 is 0 Å². The first-order valence-corrected chi connectivity index (χ1v) is 12.7. The number of aromatic nitrogens is 4. The molecule has 0 aliphatic carbocycles. The van der Waals surface area contributed by atoms with Crippen LogP contribution in [-0.2, 0) is 6.54 Å². The van der Waals surface area contributed by atoms with Crippen LogP contribution >= 0.6 is 11.6 Å². The van der Waals surface area contributed by atoms with E-state index in [0.717, 1.165) is 63.0 Å². The van der Waals surface area contributed by atoms with Crippen molar-refractivity contribution in [1.82, 2.24) is 29.5 Å². The molecular weight excluding hydrogens is 452 g/mol. The van der Waals surface area contributed by atoms with Crippen LogP contribution in [0.3, 0.4) is 0 Å². The van der Waals surface area contributed by atoms with Gasteiger partial charge in [-0.1, -0.05) is 49.5 Å².